The molecule has 0 fully saturated rings. The Labute approximate surface area is 108 Å². The van der Waals surface area contributed by atoms with Crippen molar-refractivity contribution < 1.29 is 8.42 Å². The molecule has 0 spiro atoms. The summed E-state index contributed by atoms with van der Waals surface area (Å²) in [7, 11) is 0.455. The Kier molecular flexibility index (Phi) is 5.73. The molecule has 0 unspecified atom stereocenters. The van der Waals surface area contributed by atoms with Crippen LogP contribution >= 0.6 is 0 Å². The van der Waals surface area contributed by atoms with Crippen LogP contribution in [0, 0.1) is 0 Å². The number of hydrogen-bond acceptors (Lipinski definition) is 5. The molecule has 18 heavy (non-hydrogen) atoms. The lowest BCUT2D eigenvalue weighted by molar-refractivity contribution is 0.394. The highest BCUT2D eigenvalue weighted by Crippen LogP contribution is 2.10. The van der Waals surface area contributed by atoms with E-state index in [4.69, 9.17) is 5.73 Å². The van der Waals surface area contributed by atoms with E-state index in [1.165, 1.54) is 6.20 Å². The molecule has 8 heteroatoms. The van der Waals surface area contributed by atoms with Gasteiger partial charge in [-0.15, -0.1) is 0 Å². The Balaban J connectivity index is 2.46. The van der Waals surface area contributed by atoms with Crippen LogP contribution in [0.4, 0.5) is 0 Å². The Morgan fingerprint density at radius 3 is 2.78 bits per heavy atom. The van der Waals surface area contributed by atoms with E-state index >= 15 is 0 Å². The first-order chi connectivity index (χ1) is 8.47. The molecule has 0 saturated heterocycles. The average Bonchev–Trinajstić information content (AvgIpc) is 2.76. The highest BCUT2D eigenvalue weighted by Gasteiger charge is 2.19. The average molecular weight is 275 g/mol. The molecular weight excluding hydrogens is 254 g/mol. The van der Waals surface area contributed by atoms with E-state index in [1.54, 1.807) is 0 Å². The highest BCUT2D eigenvalue weighted by molar-refractivity contribution is 7.89. The van der Waals surface area contributed by atoms with Crippen LogP contribution in [-0.4, -0.2) is 50.7 Å². The number of aromatic nitrogens is 2. The van der Waals surface area contributed by atoms with Gasteiger partial charge in [0.1, 0.15) is 0 Å². The van der Waals surface area contributed by atoms with E-state index in [2.05, 4.69) is 19.8 Å². The van der Waals surface area contributed by atoms with Crippen LogP contribution in [-0.2, 0) is 16.6 Å². The number of nitrogens with two attached hydrogens (primary N) is 1. The van der Waals surface area contributed by atoms with Gasteiger partial charge in [-0.3, -0.25) is 5.10 Å². The van der Waals surface area contributed by atoms with Gasteiger partial charge in [-0.25, -0.2) is 13.1 Å². The summed E-state index contributed by atoms with van der Waals surface area (Å²) in [6.45, 7) is 1.51. The fourth-order valence-electron chi connectivity index (χ4n) is 1.51. The number of sulfonamides is 1. The van der Waals surface area contributed by atoms with Crippen LogP contribution < -0.4 is 10.5 Å². The number of aromatic amines is 1. The van der Waals surface area contributed by atoms with E-state index < -0.39 is 10.0 Å². The standard InChI is InChI=1S/C10H21N5O2S/c1-15(2)6-4-3-5-13-18(16,17)10-9(7-11)8-12-14-10/h8,13H,3-7,11H2,1-2H3,(H,12,14). The van der Waals surface area contributed by atoms with Gasteiger partial charge in [0.2, 0.25) is 0 Å². The second-order valence-electron chi connectivity index (χ2n) is 4.34. The summed E-state index contributed by atoms with van der Waals surface area (Å²) in [5.41, 5.74) is 5.94. The zero-order chi connectivity index (χ0) is 13.6. The predicted molar refractivity (Wildman–Crippen MR) is 69.5 cm³/mol. The van der Waals surface area contributed by atoms with E-state index in [0.717, 1.165) is 19.4 Å². The highest BCUT2D eigenvalue weighted by atomic mass is 32.2. The molecule has 0 saturated carbocycles. The fourth-order valence-corrected chi connectivity index (χ4v) is 2.72. The normalized spacial score (nSPS) is 12.2. The molecule has 1 aromatic rings. The number of hydrogen-bond donors (Lipinski definition) is 3. The van der Waals surface area contributed by atoms with Crippen molar-refractivity contribution in [3.63, 3.8) is 0 Å². The lowest BCUT2D eigenvalue weighted by atomic mass is 10.3. The molecule has 104 valence electrons. The quantitative estimate of drug-likeness (QED) is 0.554. The summed E-state index contributed by atoms with van der Waals surface area (Å²) in [5, 5.41) is 6.23. The summed E-state index contributed by atoms with van der Waals surface area (Å²) in [6, 6.07) is 0. The third kappa shape index (κ3) is 4.37. The second kappa shape index (κ2) is 6.83. The molecule has 1 aromatic heterocycles. The Morgan fingerprint density at radius 1 is 1.44 bits per heavy atom. The van der Waals surface area contributed by atoms with Crippen LogP contribution in [0.25, 0.3) is 0 Å². The molecule has 0 amide bonds. The maximum absolute atomic E-state index is 11.9. The van der Waals surface area contributed by atoms with Crippen LogP contribution in [0.1, 0.15) is 18.4 Å². The molecule has 1 heterocycles. The largest absolute Gasteiger partial charge is 0.326 e. The lowest BCUT2D eigenvalue weighted by Gasteiger charge is -2.09. The summed E-state index contributed by atoms with van der Waals surface area (Å²) in [6.07, 6.45) is 3.17. The molecule has 0 atom stereocenters. The van der Waals surface area contributed by atoms with Gasteiger partial charge >= 0.3 is 0 Å². The van der Waals surface area contributed by atoms with Crippen molar-refractivity contribution >= 4 is 10.0 Å². The van der Waals surface area contributed by atoms with Gasteiger partial charge in [0.25, 0.3) is 10.0 Å². The molecule has 0 aliphatic carbocycles. The lowest BCUT2D eigenvalue weighted by Crippen LogP contribution is -2.27. The van der Waals surface area contributed by atoms with Crippen molar-refractivity contribution in [2.24, 2.45) is 5.73 Å². The summed E-state index contributed by atoms with van der Waals surface area (Å²) < 4.78 is 26.4. The number of nitrogens with one attached hydrogen (secondary N) is 2. The van der Waals surface area contributed by atoms with Gasteiger partial charge < -0.3 is 10.6 Å². The molecule has 4 N–H and O–H groups in total. The molecule has 0 aliphatic heterocycles. The first-order valence-electron chi connectivity index (χ1n) is 5.84. The minimum atomic E-state index is -3.52. The van der Waals surface area contributed by atoms with Crippen LogP contribution in [0.5, 0.6) is 0 Å². The van der Waals surface area contributed by atoms with Gasteiger partial charge in [-0.05, 0) is 33.5 Å². The Morgan fingerprint density at radius 2 is 2.17 bits per heavy atom. The van der Waals surface area contributed by atoms with Crippen LogP contribution in [0.15, 0.2) is 11.2 Å². The molecule has 0 bridgehead atoms. The van der Waals surface area contributed by atoms with Crippen molar-refractivity contribution in [3.05, 3.63) is 11.8 Å². The van der Waals surface area contributed by atoms with Crippen LogP contribution in [0.3, 0.4) is 0 Å². The SMILES string of the molecule is CN(C)CCCCNS(=O)(=O)c1[nH]ncc1CN. The smallest absolute Gasteiger partial charge is 0.257 e. The second-order valence-corrected chi connectivity index (χ2v) is 6.04. The molecule has 0 aromatic carbocycles. The molecule has 7 nitrogen and oxygen atoms in total. The fraction of sp³-hybridized carbons (Fsp3) is 0.700. The monoisotopic (exact) mass is 275 g/mol. The number of H-pyrrole nitrogens is 1. The maximum atomic E-state index is 11.9. The minimum absolute atomic E-state index is 0.0672. The van der Waals surface area contributed by atoms with Gasteiger partial charge in [-0.2, -0.15) is 5.10 Å². The zero-order valence-corrected chi connectivity index (χ0v) is 11.6. The number of rotatable bonds is 8. The zero-order valence-electron chi connectivity index (χ0n) is 10.8. The number of unbranched alkanes of at least 4 members (excludes halogenated alkanes) is 1. The third-order valence-electron chi connectivity index (χ3n) is 2.49. The van der Waals surface area contributed by atoms with Crippen molar-refractivity contribution in [1.82, 2.24) is 19.8 Å². The van der Waals surface area contributed by atoms with Gasteiger partial charge in [0.15, 0.2) is 5.03 Å². The van der Waals surface area contributed by atoms with Gasteiger partial charge in [0, 0.05) is 18.7 Å². The van der Waals surface area contributed by atoms with Crippen molar-refractivity contribution in [1.29, 1.82) is 0 Å². The summed E-state index contributed by atoms with van der Waals surface area (Å²) >= 11 is 0. The topological polar surface area (TPSA) is 104 Å². The molecule has 0 aliphatic rings. The molecule has 1 rings (SSSR count). The van der Waals surface area contributed by atoms with E-state index in [9.17, 15) is 8.42 Å². The Hall–Kier alpha value is -0.960. The molecular formula is C10H21N5O2S. The van der Waals surface area contributed by atoms with Crippen LogP contribution in [0.2, 0.25) is 0 Å². The number of nitrogens with zero attached hydrogens (tertiary/aromatic N) is 2. The van der Waals surface area contributed by atoms with Crippen molar-refractivity contribution in [3.8, 4) is 0 Å². The van der Waals surface area contributed by atoms with E-state index in [0.29, 0.717) is 12.1 Å². The van der Waals surface area contributed by atoms with Crippen molar-refractivity contribution in [2.45, 2.75) is 24.4 Å². The minimum Gasteiger partial charge on any atom is -0.326 e. The van der Waals surface area contributed by atoms with Gasteiger partial charge in [0.05, 0.1) is 6.20 Å². The Bertz CT molecular complexity index is 455. The summed E-state index contributed by atoms with van der Waals surface area (Å²) in [4.78, 5) is 2.07. The first kappa shape index (κ1) is 15.1. The van der Waals surface area contributed by atoms with E-state index in [1.807, 2.05) is 14.1 Å². The van der Waals surface area contributed by atoms with Crippen molar-refractivity contribution in [2.75, 3.05) is 27.2 Å². The van der Waals surface area contributed by atoms with Gasteiger partial charge in [-0.1, -0.05) is 0 Å². The predicted octanol–water partition coefficient (Wildman–Crippen LogP) is -0.511. The molecule has 0 radical (unpaired) electrons. The maximum Gasteiger partial charge on any atom is 0.257 e. The third-order valence-corrected chi connectivity index (χ3v) is 3.97. The summed E-state index contributed by atoms with van der Waals surface area (Å²) in [5.74, 6) is 0. The van der Waals surface area contributed by atoms with E-state index in [-0.39, 0.29) is 11.6 Å². The first-order valence-corrected chi connectivity index (χ1v) is 7.32.